The predicted octanol–water partition coefficient (Wildman–Crippen LogP) is 3.69. The van der Waals surface area contributed by atoms with Crippen molar-refractivity contribution in [3.63, 3.8) is 0 Å². The van der Waals surface area contributed by atoms with Crippen LogP contribution in [0.2, 0.25) is 0 Å². The zero-order valence-electron chi connectivity index (χ0n) is 18.8. The maximum absolute atomic E-state index is 13.0. The number of ether oxygens (including phenoxy) is 1. The van der Waals surface area contributed by atoms with Crippen LogP contribution in [-0.4, -0.2) is 50.0 Å². The van der Waals surface area contributed by atoms with Crippen LogP contribution >= 0.6 is 11.8 Å². The topological polar surface area (TPSA) is 99.9 Å². The Labute approximate surface area is 196 Å². The number of nitrogens with zero attached hydrogens (tertiary/aromatic N) is 4. The molecule has 0 aliphatic rings. The summed E-state index contributed by atoms with van der Waals surface area (Å²) in [5.74, 6) is 0.945. The maximum atomic E-state index is 13.0. The van der Waals surface area contributed by atoms with Gasteiger partial charge in [0.05, 0.1) is 18.2 Å². The van der Waals surface area contributed by atoms with E-state index >= 15 is 0 Å². The highest BCUT2D eigenvalue weighted by Gasteiger charge is 2.18. The minimum atomic E-state index is 0.0132. The molecule has 4 rings (SSSR count). The number of aryl methyl sites for hydroxylation is 1. The van der Waals surface area contributed by atoms with Crippen LogP contribution in [-0.2, 0) is 11.3 Å². The Morgan fingerprint density at radius 1 is 1.18 bits per heavy atom. The molecular formula is C24H26N6O2S. The predicted molar refractivity (Wildman–Crippen MR) is 129 cm³/mol. The van der Waals surface area contributed by atoms with Crippen molar-refractivity contribution in [3.05, 3.63) is 71.3 Å². The van der Waals surface area contributed by atoms with Gasteiger partial charge in [0, 0.05) is 24.5 Å². The number of hydrogen-bond donors (Lipinski definition) is 2. The second kappa shape index (κ2) is 9.91. The van der Waals surface area contributed by atoms with Crippen molar-refractivity contribution in [2.24, 2.45) is 0 Å². The first-order valence-corrected chi connectivity index (χ1v) is 11.6. The summed E-state index contributed by atoms with van der Waals surface area (Å²) < 4.78 is 7.01. The number of aromatic nitrogens is 4. The summed E-state index contributed by atoms with van der Waals surface area (Å²) >= 11 is 1.31. The number of amides is 1. The Morgan fingerprint density at radius 3 is 2.58 bits per heavy atom. The number of benzene rings is 2. The van der Waals surface area contributed by atoms with Crippen LogP contribution in [0.25, 0.3) is 16.7 Å². The maximum Gasteiger partial charge on any atom is 0.233 e. The zero-order valence-corrected chi connectivity index (χ0v) is 19.6. The van der Waals surface area contributed by atoms with E-state index in [-0.39, 0.29) is 17.1 Å². The average Bonchev–Trinajstić information content (AvgIpc) is 3.22. The van der Waals surface area contributed by atoms with Gasteiger partial charge >= 0.3 is 0 Å². The van der Waals surface area contributed by atoms with Gasteiger partial charge in [0.25, 0.3) is 0 Å². The fourth-order valence-electron chi connectivity index (χ4n) is 3.59. The Bertz CT molecular complexity index is 1310. The molecule has 4 aromatic rings. The highest BCUT2D eigenvalue weighted by atomic mass is 32.2. The fourth-order valence-corrected chi connectivity index (χ4v) is 4.51. The number of carbonyl (C=O) groups is 1. The molecule has 0 saturated heterocycles. The summed E-state index contributed by atoms with van der Waals surface area (Å²) in [5.41, 5.74) is 3.36. The lowest BCUT2D eigenvalue weighted by atomic mass is 10.2. The molecule has 0 aliphatic carbocycles. The van der Waals surface area contributed by atoms with Crippen LogP contribution in [0.3, 0.4) is 0 Å². The van der Waals surface area contributed by atoms with Crippen molar-refractivity contribution in [1.82, 2.24) is 24.6 Å². The van der Waals surface area contributed by atoms with Crippen molar-refractivity contribution >= 4 is 28.7 Å². The molecule has 1 amide bonds. The van der Waals surface area contributed by atoms with Gasteiger partial charge in [0.15, 0.2) is 10.8 Å². The lowest BCUT2D eigenvalue weighted by molar-refractivity contribution is -0.128. The third-order valence-corrected chi connectivity index (χ3v) is 6.31. The quantitative estimate of drug-likeness (QED) is 0.307. The van der Waals surface area contributed by atoms with E-state index in [4.69, 9.17) is 10.1 Å². The van der Waals surface area contributed by atoms with Crippen LogP contribution in [0, 0.1) is 12.3 Å². The number of methoxy groups -OCH3 is 1. The van der Waals surface area contributed by atoms with E-state index in [1.807, 2.05) is 73.3 Å². The molecule has 0 spiro atoms. The van der Waals surface area contributed by atoms with Crippen LogP contribution in [0.5, 0.6) is 5.75 Å². The monoisotopic (exact) mass is 462 g/mol. The van der Waals surface area contributed by atoms with E-state index in [0.717, 1.165) is 22.7 Å². The van der Waals surface area contributed by atoms with Crippen molar-refractivity contribution in [2.75, 3.05) is 19.4 Å². The van der Waals surface area contributed by atoms with Crippen molar-refractivity contribution in [2.45, 2.75) is 25.5 Å². The highest BCUT2D eigenvalue weighted by Crippen LogP contribution is 2.23. The van der Waals surface area contributed by atoms with Crippen LogP contribution in [0.4, 0.5) is 0 Å². The summed E-state index contributed by atoms with van der Waals surface area (Å²) in [6, 6.07) is 17.4. The third kappa shape index (κ3) is 4.78. The summed E-state index contributed by atoms with van der Waals surface area (Å²) in [6.45, 7) is 5.01. The minimum absolute atomic E-state index is 0.0132. The van der Waals surface area contributed by atoms with Gasteiger partial charge < -0.3 is 9.64 Å². The Kier molecular flexibility index (Phi) is 6.79. The molecule has 0 radical (unpaired) electrons. The van der Waals surface area contributed by atoms with Crippen LogP contribution in [0.15, 0.2) is 59.8 Å². The molecule has 0 aliphatic heterocycles. The number of rotatable bonds is 8. The number of aromatic amines is 1. The third-order valence-electron chi connectivity index (χ3n) is 5.39. The van der Waals surface area contributed by atoms with Gasteiger partial charge in [-0.3, -0.25) is 19.9 Å². The van der Waals surface area contributed by atoms with Crippen LogP contribution in [0.1, 0.15) is 18.2 Å². The van der Waals surface area contributed by atoms with Gasteiger partial charge in [-0.1, -0.05) is 42.1 Å². The molecule has 2 N–H and O–H groups in total. The minimum Gasteiger partial charge on any atom is -0.497 e. The first-order chi connectivity index (χ1) is 16.0. The molecule has 2 heterocycles. The number of fused-ring (bicyclic) bond motifs is 1. The molecule has 0 atom stereocenters. The fraction of sp³-hybridized carbons (Fsp3) is 0.250. The van der Waals surface area contributed by atoms with E-state index in [0.29, 0.717) is 29.3 Å². The smallest absolute Gasteiger partial charge is 0.233 e. The second-order valence-corrected chi connectivity index (χ2v) is 8.45. The first kappa shape index (κ1) is 22.6. The van der Waals surface area contributed by atoms with Gasteiger partial charge in [0.1, 0.15) is 11.2 Å². The average molecular weight is 463 g/mol. The van der Waals surface area contributed by atoms with Gasteiger partial charge in [-0.25, -0.2) is 4.98 Å². The molecule has 33 heavy (non-hydrogen) atoms. The Hall–Kier alpha value is -3.59. The molecular weight excluding hydrogens is 436 g/mol. The number of H-pyrrole nitrogens is 1. The molecule has 170 valence electrons. The van der Waals surface area contributed by atoms with Gasteiger partial charge in [-0.05, 0) is 43.7 Å². The molecule has 2 aromatic heterocycles. The van der Waals surface area contributed by atoms with E-state index in [1.54, 1.807) is 11.7 Å². The summed E-state index contributed by atoms with van der Waals surface area (Å²) in [5, 5.41) is 17.2. The summed E-state index contributed by atoms with van der Waals surface area (Å²) in [7, 11) is 1.61. The summed E-state index contributed by atoms with van der Waals surface area (Å²) in [4.78, 5) is 19.5. The lowest BCUT2D eigenvalue weighted by Crippen LogP contribution is -2.32. The van der Waals surface area contributed by atoms with Crippen molar-refractivity contribution in [3.8, 4) is 11.4 Å². The molecule has 0 fully saturated rings. The largest absolute Gasteiger partial charge is 0.497 e. The number of nitrogens with one attached hydrogen (secondary N) is 2. The molecule has 9 heteroatoms. The van der Waals surface area contributed by atoms with Crippen molar-refractivity contribution < 1.29 is 9.53 Å². The number of carbonyl (C=O) groups excluding carboxylic acids is 1. The summed E-state index contributed by atoms with van der Waals surface area (Å²) in [6.07, 6.45) is 0. The Morgan fingerprint density at radius 2 is 1.91 bits per heavy atom. The molecule has 8 nitrogen and oxygen atoms in total. The van der Waals surface area contributed by atoms with E-state index in [1.165, 1.54) is 11.8 Å². The van der Waals surface area contributed by atoms with Gasteiger partial charge in [-0.2, -0.15) is 5.10 Å². The number of hydrogen-bond acceptors (Lipinski definition) is 6. The van der Waals surface area contributed by atoms with Crippen LogP contribution < -0.4 is 10.2 Å². The SMILES string of the molecule is CCN(Cc1ccccc1)C(=O)CSc1nc2n[nH]c(C)c2c(=N)n1-c1ccc(OC)cc1. The molecule has 0 saturated carbocycles. The lowest BCUT2D eigenvalue weighted by Gasteiger charge is -2.21. The standard InChI is InChI=1S/C24H26N6O2S/c1-4-29(14-17-8-6-5-7-9-17)20(31)15-33-24-26-23-21(16(2)27-28-23)22(25)30(24)18-10-12-19(32-3)13-11-18/h5-13,25H,4,14-15H2,1-3H3,(H,27,28). The molecule has 2 aromatic carbocycles. The second-order valence-electron chi connectivity index (χ2n) is 7.51. The van der Waals surface area contributed by atoms with Gasteiger partial charge in [0.2, 0.25) is 5.91 Å². The van der Waals surface area contributed by atoms with E-state index in [2.05, 4.69) is 15.2 Å². The molecule has 0 unspecified atom stereocenters. The number of thioether (sulfide) groups is 1. The zero-order chi connectivity index (χ0) is 23.4. The Balaban J connectivity index is 1.65. The van der Waals surface area contributed by atoms with E-state index in [9.17, 15) is 4.79 Å². The normalized spacial score (nSPS) is 11.0. The van der Waals surface area contributed by atoms with E-state index < -0.39 is 0 Å². The molecule has 0 bridgehead atoms. The highest BCUT2D eigenvalue weighted by molar-refractivity contribution is 7.99. The van der Waals surface area contributed by atoms with Crippen molar-refractivity contribution in [1.29, 1.82) is 5.41 Å². The van der Waals surface area contributed by atoms with Gasteiger partial charge in [-0.15, -0.1) is 0 Å². The first-order valence-electron chi connectivity index (χ1n) is 10.6.